The zero-order valence-corrected chi connectivity index (χ0v) is 21.8. The Kier molecular flexibility index (Phi) is 8.02. The average molecular weight is 556 g/mol. The van der Waals surface area contributed by atoms with E-state index < -0.39 is 0 Å². The minimum atomic E-state index is -0.375. The Morgan fingerprint density at radius 3 is 2.53 bits per heavy atom. The molecule has 0 aromatic heterocycles. The van der Waals surface area contributed by atoms with Crippen LogP contribution in [0.1, 0.15) is 16.7 Å². The zero-order chi connectivity index (χ0) is 25.8. The van der Waals surface area contributed by atoms with Crippen molar-refractivity contribution in [3.63, 3.8) is 0 Å². The molecule has 0 bridgehead atoms. The number of aryl methyl sites for hydroxylation is 1. The first-order valence-electron chi connectivity index (χ1n) is 10.5. The number of hydrogen-bond acceptors (Lipinski definition) is 5. The average Bonchev–Trinajstić information content (AvgIpc) is 3.15. The number of benzene rings is 3. The normalized spacial score (nSPS) is 14.1. The number of aliphatic imine (C=N–C) groups is 1. The third kappa shape index (κ3) is 5.92. The molecule has 1 N–H and O–H groups in total. The van der Waals surface area contributed by atoms with E-state index in [1.54, 1.807) is 30.3 Å². The fourth-order valence-corrected chi connectivity index (χ4v) is 4.60. The number of amides is 2. The summed E-state index contributed by atoms with van der Waals surface area (Å²) in [5.41, 5.74) is 3.12. The van der Waals surface area contributed by atoms with Crippen molar-refractivity contribution in [1.29, 1.82) is 5.26 Å². The van der Waals surface area contributed by atoms with Crippen molar-refractivity contribution in [1.82, 2.24) is 0 Å². The molecule has 0 aliphatic carbocycles. The van der Waals surface area contributed by atoms with Gasteiger partial charge in [-0.2, -0.15) is 5.26 Å². The maximum absolute atomic E-state index is 13.3. The van der Waals surface area contributed by atoms with Crippen molar-refractivity contribution in [3.8, 4) is 6.07 Å². The molecule has 180 valence electrons. The minimum absolute atomic E-state index is 0.0497. The Labute approximate surface area is 227 Å². The highest BCUT2D eigenvalue weighted by atomic mass is 35.5. The zero-order valence-electron chi connectivity index (χ0n) is 18.8. The van der Waals surface area contributed by atoms with Crippen LogP contribution in [-0.4, -0.2) is 22.7 Å². The van der Waals surface area contributed by atoms with Crippen LogP contribution in [0.4, 0.5) is 11.4 Å². The van der Waals surface area contributed by atoms with Gasteiger partial charge in [-0.15, -0.1) is 0 Å². The topological polar surface area (TPSA) is 85.6 Å². The molecule has 0 saturated heterocycles. The second kappa shape index (κ2) is 11.2. The number of halogens is 3. The molecule has 0 radical (unpaired) electrons. The van der Waals surface area contributed by atoms with Gasteiger partial charge in [0, 0.05) is 5.02 Å². The summed E-state index contributed by atoms with van der Waals surface area (Å²) in [4.78, 5) is 32.0. The molecule has 0 atom stereocenters. The van der Waals surface area contributed by atoms with Crippen LogP contribution in [0.2, 0.25) is 15.1 Å². The molecular formula is C26H17Cl3N4O2S. The number of carbonyl (C=O) groups is 2. The quantitative estimate of drug-likeness (QED) is 0.346. The summed E-state index contributed by atoms with van der Waals surface area (Å²) in [5, 5.41) is 13.5. The number of carbonyl (C=O) groups excluding carboxylic acids is 2. The summed E-state index contributed by atoms with van der Waals surface area (Å²) in [5.74, 6) is -0.763. The fourth-order valence-electron chi connectivity index (χ4n) is 3.31. The van der Waals surface area contributed by atoms with Crippen LogP contribution in [0.5, 0.6) is 0 Å². The summed E-state index contributed by atoms with van der Waals surface area (Å²) in [6.07, 6.45) is 1.62. The van der Waals surface area contributed by atoms with Gasteiger partial charge in [-0.25, -0.2) is 4.99 Å². The number of amidine groups is 1. The van der Waals surface area contributed by atoms with E-state index in [4.69, 9.17) is 34.8 Å². The van der Waals surface area contributed by atoms with E-state index in [1.807, 2.05) is 37.3 Å². The first kappa shape index (κ1) is 25.8. The smallest absolute Gasteiger partial charge is 0.283 e. The summed E-state index contributed by atoms with van der Waals surface area (Å²) >= 11 is 19.2. The number of nitrogens with zero attached hydrogens (tertiary/aromatic N) is 3. The second-order valence-corrected chi connectivity index (χ2v) is 9.91. The van der Waals surface area contributed by atoms with Gasteiger partial charge in [0.15, 0.2) is 5.17 Å². The SMILES string of the molecule is Cc1ccc(N2C(=O)/C(=C\c3ccc(Cl)c(Cl)c3)N=C2SCC(=O)Nc2cc(Cl)ccc2C#N)cc1. The molecule has 0 unspecified atom stereocenters. The molecule has 0 spiro atoms. The maximum Gasteiger partial charge on any atom is 0.283 e. The van der Waals surface area contributed by atoms with Crippen LogP contribution in [0.25, 0.3) is 6.08 Å². The summed E-state index contributed by atoms with van der Waals surface area (Å²) in [7, 11) is 0. The molecule has 6 nitrogen and oxygen atoms in total. The standard InChI is InChI=1S/C26H17Cl3N4O2S/c1-15-2-7-19(8-3-15)33-25(35)23(11-16-4-9-20(28)21(29)10-16)32-26(33)36-14-24(34)31-22-12-18(27)6-5-17(22)13-30/h2-12H,14H2,1H3,(H,31,34)/b23-11+. The van der Waals surface area contributed by atoms with E-state index in [0.717, 1.165) is 17.3 Å². The lowest BCUT2D eigenvalue weighted by molar-refractivity contribution is -0.114. The third-order valence-corrected chi connectivity index (χ3v) is 6.99. The van der Waals surface area contributed by atoms with Crippen LogP contribution < -0.4 is 10.2 Å². The van der Waals surface area contributed by atoms with E-state index in [2.05, 4.69) is 10.3 Å². The monoisotopic (exact) mass is 554 g/mol. The predicted octanol–water partition coefficient (Wildman–Crippen LogP) is 6.94. The number of hydrogen-bond donors (Lipinski definition) is 1. The van der Waals surface area contributed by atoms with E-state index in [0.29, 0.717) is 42.7 Å². The van der Waals surface area contributed by atoms with Gasteiger partial charge in [0.05, 0.1) is 32.7 Å². The van der Waals surface area contributed by atoms with Crippen LogP contribution in [0, 0.1) is 18.3 Å². The van der Waals surface area contributed by atoms with Gasteiger partial charge in [0.2, 0.25) is 5.91 Å². The molecule has 36 heavy (non-hydrogen) atoms. The van der Waals surface area contributed by atoms with Crippen molar-refractivity contribution < 1.29 is 9.59 Å². The second-order valence-electron chi connectivity index (χ2n) is 7.71. The molecule has 0 fully saturated rings. The number of thioether (sulfide) groups is 1. The first-order chi connectivity index (χ1) is 17.2. The van der Waals surface area contributed by atoms with Gasteiger partial charge in [-0.3, -0.25) is 14.5 Å². The largest absolute Gasteiger partial charge is 0.324 e. The molecule has 0 saturated carbocycles. The molecule has 1 heterocycles. The summed E-state index contributed by atoms with van der Waals surface area (Å²) < 4.78 is 0. The molecule has 4 rings (SSSR count). The molecular weight excluding hydrogens is 539 g/mol. The summed E-state index contributed by atoms with van der Waals surface area (Å²) in [6.45, 7) is 1.95. The third-order valence-electron chi connectivity index (χ3n) is 5.08. The van der Waals surface area contributed by atoms with Crippen LogP contribution in [0.15, 0.2) is 71.4 Å². The Morgan fingerprint density at radius 1 is 1.08 bits per heavy atom. The van der Waals surface area contributed by atoms with E-state index in [1.165, 1.54) is 17.0 Å². The van der Waals surface area contributed by atoms with Crippen molar-refractivity contribution in [2.45, 2.75) is 6.92 Å². The molecule has 3 aromatic rings. The van der Waals surface area contributed by atoms with Crippen molar-refractivity contribution in [2.75, 3.05) is 16.0 Å². The van der Waals surface area contributed by atoms with Gasteiger partial charge >= 0.3 is 0 Å². The number of nitrogens with one attached hydrogen (secondary N) is 1. The minimum Gasteiger partial charge on any atom is -0.324 e. The van der Waals surface area contributed by atoms with E-state index in [-0.39, 0.29) is 23.3 Å². The summed E-state index contributed by atoms with van der Waals surface area (Å²) in [6, 6.07) is 19.1. The lowest BCUT2D eigenvalue weighted by Gasteiger charge is -2.18. The van der Waals surface area contributed by atoms with Gasteiger partial charge < -0.3 is 5.32 Å². The molecule has 2 amide bonds. The maximum atomic E-state index is 13.3. The number of anilines is 2. The Hall–Kier alpha value is -3.28. The van der Waals surface area contributed by atoms with Crippen molar-refractivity contribution >= 4 is 81.0 Å². The van der Waals surface area contributed by atoms with Gasteiger partial charge in [-0.05, 0) is 61.0 Å². The Morgan fingerprint density at radius 2 is 1.83 bits per heavy atom. The molecule has 10 heteroatoms. The van der Waals surface area contributed by atoms with Gasteiger partial charge in [0.1, 0.15) is 11.8 Å². The highest BCUT2D eigenvalue weighted by Crippen LogP contribution is 2.31. The lowest BCUT2D eigenvalue weighted by atomic mass is 10.2. The molecule has 1 aliphatic heterocycles. The van der Waals surface area contributed by atoms with Crippen LogP contribution >= 0.6 is 46.6 Å². The number of rotatable bonds is 5. The Bertz CT molecular complexity index is 1460. The van der Waals surface area contributed by atoms with Crippen LogP contribution in [-0.2, 0) is 9.59 Å². The van der Waals surface area contributed by atoms with E-state index in [9.17, 15) is 14.9 Å². The first-order valence-corrected chi connectivity index (χ1v) is 12.7. The van der Waals surface area contributed by atoms with Crippen molar-refractivity contribution in [2.24, 2.45) is 4.99 Å². The number of nitriles is 1. The molecule has 3 aromatic carbocycles. The lowest BCUT2D eigenvalue weighted by Crippen LogP contribution is -2.31. The van der Waals surface area contributed by atoms with Crippen molar-refractivity contribution in [3.05, 3.63) is 98.1 Å². The highest BCUT2D eigenvalue weighted by molar-refractivity contribution is 8.14. The Balaban J connectivity index is 1.59. The highest BCUT2D eigenvalue weighted by Gasteiger charge is 2.32. The fraction of sp³-hybridized carbons (Fsp3) is 0.0769. The van der Waals surface area contributed by atoms with Gasteiger partial charge in [-0.1, -0.05) is 70.3 Å². The predicted molar refractivity (Wildman–Crippen MR) is 148 cm³/mol. The van der Waals surface area contributed by atoms with Gasteiger partial charge in [0.25, 0.3) is 5.91 Å². The van der Waals surface area contributed by atoms with E-state index >= 15 is 0 Å². The molecule has 1 aliphatic rings. The van der Waals surface area contributed by atoms with Crippen LogP contribution in [0.3, 0.4) is 0 Å².